The van der Waals surface area contributed by atoms with Crippen LogP contribution in [-0.2, 0) is 20.1 Å². The van der Waals surface area contributed by atoms with Gasteiger partial charge in [-0.25, -0.2) is 18.5 Å². The summed E-state index contributed by atoms with van der Waals surface area (Å²) in [4.78, 5) is 3.87. The maximum absolute atomic E-state index is 11.7. The van der Waals surface area contributed by atoms with Crippen LogP contribution in [0, 0.1) is 0 Å². The largest absolute Gasteiger partial charge is 0.382 e. The molecule has 0 saturated heterocycles. The molecule has 0 aliphatic carbocycles. The Morgan fingerprint density at radius 1 is 1.29 bits per heavy atom. The van der Waals surface area contributed by atoms with E-state index in [-0.39, 0.29) is 15.8 Å². The zero-order valence-electron chi connectivity index (χ0n) is 11.1. The van der Waals surface area contributed by atoms with Crippen molar-refractivity contribution in [1.82, 2.24) is 4.98 Å². The number of rotatable bonds is 6. The van der Waals surface area contributed by atoms with Gasteiger partial charge in [0.1, 0.15) is 5.75 Å². The molecule has 0 atom stereocenters. The summed E-state index contributed by atoms with van der Waals surface area (Å²) in [5.74, 6) is 0.0651. The van der Waals surface area contributed by atoms with Gasteiger partial charge in [0.25, 0.3) is 10.0 Å². The average molecular weight is 350 g/mol. The molecule has 0 unspecified atom stereocenters. The van der Waals surface area contributed by atoms with E-state index < -0.39 is 20.1 Å². The molecule has 0 aliphatic rings. The first-order valence-electron chi connectivity index (χ1n) is 6.07. The van der Waals surface area contributed by atoms with E-state index in [1.165, 1.54) is 18.2 Å². The Labute approximate surface area is 126 Å². The second-order valence-corrected chi connectivity index (χ2v) is 8.81. The van der Waals surface area contributed by atoms with Crippen molar-refractivity contribution in [3.63, 3.8) is 0 Å². The van der Waals surface area contributed by atoms with E-state index in [0.29, 0.717) is 16.6 Å². The lowest BCUT2D eigenvalue weighted by Crippen LogP contribution is -2.13. The molecule has 0 bridgehead atoms. The second kappa shape index (κ2) is 5.87. The topological polar surface area (TPSA) is 116 Å². The fourth-order valence-electron chi connectivity index (χ4n) is 1.57. The highest BCUT2D eigenvalue weighted by Gasteiger charge is 2.16. The molecular weight excluding hydrogens is 336 g/mol. The summed E-state index contributed by atoms with van der Waals surface area (Å²) in [5.41, 5.74) is 0.419. The number of thiazole rings is 1. The van der Waals surface area contributed by atoms with Crippen LogP contribution in [0.1, 0.15) is 19.8 Å². The molecule has 7 nitrogen and oxygen atoms in total. The molecule has 2 N–H and O–H groups in total. The van der Waals surface area contributed by atoms with Gasteiger partial charge in [-0.1, -0.05) is 13.3 Å². The van der Waals surface area contributed by atoms with Crippen molar-refractivity contribution in [1.29, 1.82) is 0 Å². The van der Waals surface area contributed by atoms with Crippen LogP contribution < -0.4 is 9.32 Å². The Morgan fingerprint density at radius 3 is 2.62 bits per heavy atom. The molecule has 0 fully saturated rings. The van der Waals surface area contributed by atoms with Crippen molar-refractivity contribution < 1.29 is 21.0 Å². The first-order valence-corrected chi connectivity index (χ1v) is 10.0. The van der Waals surface area contributed by atoms with Crippen LogP contribution in [-0.4, -0.2) is 27.6 Å². The minimum absolute atomic E-state index is 0.0628. The third-order valence-electron chi connectivity index (χ3n) is 2.55. The van der Waals surface area contributed by atoms with Crippen LogP contribution in [0.4, 0.5) is 0 Å². The van der Waals surface area contributed by atoms with Crippen molar-refractivity contribution in [2.45, 2.75) is 24.1 Å². The van der Waals surface area contributed by atoms with Crippen molar-refractivity contribution in [3.05, 3.63) is 18.2 Å². The van der Waals surface area contributed by atoms with E-state index in [1.54, 1.807) is 0 Å². The van der Waals surface area contributed by atoms with Crippen LogP contribution >= 0.6 is 11.3 Å². The number of primary sulfonamides is 1. The average Bonchev–Trinajstić information content (AvgIpc) is 2.79. The number of sulfonamides is 1. The molecule has 0 saturated carbocycles. The van der Waals surface area contributed by atoms with E-state index in [0.717, 1.165) is 17.8 Å². The van der Waals surface area contributed by atoms with E-state index >= 15 is 0 Å². The molecular formula is C11H14N2O5S3. The second-order valence-electron chi connectivity index (χ2n) is 4.35. The fraction of sp³-hybridized carbons (Fsp3) is 0.364. The van der Waals surface area contributed by atoms with Gasteiger partial charge in [0.05, 0.1) is 16.0 Å². The maximum atomic E-state index is 11.7. The van der Waals surface area contributed by atoms with Gasteiger partial charge >= 0.3 is 10.1 Å². The lowest BCUT2D eigenvalue weighted by Gasteiger charge is -2.05. The molecule has 10 heteroatoms. The highest BCUT2D eigenvalue weighted by molar-refractivity contribution is 7.91. The quantitative estimate of drug-likeness (QED) is 0.788. The minimum Gasteiger partial charge on any atom is -0.382 e. The summed E-state index contributed by atoms with van der Waals surface area (Å²) in [6, 6.07) is 4.36. The monoisotopic (exact) mass is 350 g/mol. The van der Waals surface area contributed by atoms with Crippen molar-refractivity contribution in [2.75, 3.05) is 5.75 Å². The summed E-state index contributed by atoms with van der Waals surface area (Å²) in [7, 11) is -7.52. The Morgan fingerprint density at radius 2 is 2.00 bits per heavy atom. The number of aromatic nitrogens is 1. The molecule has 0 radical (unpaired) electrons. The Kier molecular flexibility index (Phi) is 4.51. The number of benzene rings is 1. The maximum Gasteiger partial charge on any atom is 0.309 e. The molecule has 1 aromatic carbocycles. The fourth-order valence-corrected chi connectivity index (χ4v) is 4.37. The van der Waals surface area contributed by atoms with Crippen LogP contribution in [0.3, 0.4) is 0 Å². The summed E-state index contributed by atoms with van der Waals surface area (Å²) >= 11 is 0.863. The van der Waals surface area contributed by atoms with Crippen molar-refractivity contribution >= 4 is 41.7 Å². The molecule has 21 heavy (non-hydrogen) atoms. The van der Waals surface area contributed by atoms with Crippen LogP contribution in [0.2, 0.25) is 0 Å². The lowest BCUT2D eigenvalue weighted by molar-refractivity contribution is 0.484. The Bertz CT molecular complexity index is 855. The van der Waals surface area contributed by atoms with Crippen LogP contribution in [0.15, 0.2) is 22.5 Å². The summed E-state index contributed by atoms with van der Waals surface area (Å²) in [6.07, 6.45) is 1.26. The van der Waals surface area contributed by atoms with E-state index in [1.807, 2.05) is 6.92 Å². The van der Waals surface area contributed by atoms with E-state index in [9.17, 15) is 16.8 Å². The standard InChI is InChI=1S/C11H14N2O5S3/c1-2-3-6-20(14,15)18-8-4-5-9-10(7-8)19-11(13-9)21(12,16)17/h4-5,7H,2-3,6H2,1H3,(H2,12,16,17). The first-order chi connectivity index (χ1) is 9.71. The van der Waals surface area contributed by atoms with Gasteiger partial charge in [-0.15, -0.1) is 11.3 Å². The number of nitrogens with two attached hydrogens (primary N) is 1. The van der Waals surface area contributed by atoms with E-state index in [4.69, 9.17) is 9.32 Å². The Hall–Kier alpha value is -1.23. The third kappa shape index (κ3) is 4.13. The first kappa shape index (κ1) is 16.1. The van der Waals surface area contributed by atoms with Gasteiger partial charge in [-0.05, 0) is 18.6 Å². The molecule has 2 aromatic rings. The van der Waals surface area contributed by atoms with Crippen molar-refractivity contribution in [3.8, 4) is 5.75 Å². The molecule has 1 heterocycles. The van der Waals surface area contributed by atoms with Gasteiger partial charge in [-0.2, -0.15) is 8.42 Å². The van der Waals surface area contributed by atoms with Gasteiger partial charge < -0.3 is 4.18 Å². The highest BCUT2D eigenvalue weighted by atomic mass is 32.2. The number of hydrogen-bond donors (Lipinski definition) is 1. The molecule has 0 amide bonds. The number of hydrogen-bond acceptors (Lipinski definition) is 7. The molecule has 116 valence electrons. The molecule has 0 spiro atoms. The highest BCUT2D eigenvalue weighted by Crippen LogP contribution is 2.28. The van der Waals surface area contributed by atoms with Gasteiger partial charge in [0.15, 0.2) is 0 Å². The lowest BCUT2D eigenvalue weighted by atomic mass is 10.3. The number of nitrogens with zero attached hydrogens (tertiary/aromatic N) is 1. The zero-order chi connectivity index (χ0) is 15.7. The van der Waals surface area contributed by atoms with Crippen LogP contribution in [0.5, 0.6) is 5.75 Å². The zero-order valence-corrected chi connectivity index (χ0v) is 13.6. The normalized spacial score (nSPS) is 12.7. The summed E-state index contributed by atoms with van der Waals surface area (Å²) in [6.45, 7) is 1.88. The van der Waals surface area contributed by atoms with Gasteiger partial charge in [0.2, 0.25) is 4.34 Å². The smallest absolute Gasteiger partial charge is 0.309 e. The predicted octanol–water partition coefficient (Wildman–Crippen LogP) is 1.45. The molecule has 2 rings (SSSR count). The predicted molar refractivity (Wildman–Crippen MR) is 80.3 cm³/mol. The molecule has 0 aliphatic heterocycles. The SMILES string of the molecule is CCCCS(=O)(=O)Oc1ccc2nc(S(N)(=O)=O)sc2c1. The number of fused-ring (bicyclic) bond motifs is 1. The third-order valence-corrected chi connectivity index (χ3v) is 6.13. The van der Waals surface area contributed by atoms with Gasteiger partial charge in [-0.3, -0.25) is 0 Å². The van der Waals surface area contributed by atoms with Crippen LogP contribution in [0.25, 0.3) is 10.2 Å². The summed E-state index contributed by atoms with van der Waals surface area (Å²) in [5, 5.41) is 5.01. The van der Waals surface area contributed by atoms with E-state index in [2.05, 4.69) is 4.98 Å². The van der Waals surface area contributed by atoms with Gasteiger partial charge in [0, 0.05) is 6.07 Å². The van der Waals surface area contributed by atoms with Crippen molar-refractivity contribution in [2.24, 2.45) is 5.14 Å². The number of unbranched alkanes of at least 4 members (excludes halogenated alkanes) is 1. The Balaban J connectivity index is 2.31. The summed E-state index contributed by atoms with van der Waals surface area (Å²) < 4.78 is 51.1. The molecule has 1 aromatic heterocycles. The minimum atomic E-state index is -3.88.